The second kappa shape index (κ2) is 4.52. The quantitative estimate of drug-likeness (QED) is 0.593. The smallest absolute Gasteiger partial charge is 0.350 e. The number of hydrogen-bond acceptors (Lipinski definition) is 5. The van der Waals surface area contributed by atoms with E-state index in [-0.39, 0.29) is 27.4 Å². The van der Waals surface area contributed by atoms with Crippen molar-refractivity contribution in [3.05, 3.63) is 15.0 Å². The minimum absolute atomic E-state index is 0.0819. The lowest BCUT2D eigenvalue weighted by atomic mass is 10.3. The second-order valence-corrected chi connectivity index (χ2v) is 4.00. The number of Topliss-reactive ketones (excluding diaryl/α,β-unsaturated/α-hetero) is 1. The maximum absolute atomic E-state index is 11.3. The molecule has 4 nitrogen and oxygen atoms in total. The molecule has 0 saturated heterocycles. The maximum atomic E-state index is 11.3. The van der Waals surface area contributed by atoms with Crippen LogP contribution in [0.15, 0.2) is 0 Å². The van der Waals surface area contributed by atoms with Crippen molar-refractivity contribution in [1.82, 2.24) is 4.98 Å². The standard InChI is InChI=1S/C8H8ClNO3S/c1-3-13-7(12)6-5(4(2)11)10-8(9)14-6/h3H2,1-2H3. The van der Waals surface area contributed by atoms with Crippen LogP contribution in [0.2, 0.25) is 4.47 Å². The molecule has 0 aliphatic rings. The van der Waals surface area contributed by atoms with Crippen LogP contribution in [0.5, 0.6) is 0 Å². The Kier molecular flexibility index (Phi) is 3.60. The molecule has 1 heterocycles. The fourth-order valence-electron chi connectivity index (χ4n) is 0.868. The van der Waals surface area contributed by atoms with E-state index >= 15 is 0 Å². The van der Waals surface area contributed by atoms with Crippen molar-refractivity contribution in [3.8, 4) is 0 Å². The number of thiazole rings is 1. The van der Waals surface area contributed by atoms with E-state index in [0.717, 1.165) is 11.3 Å². The minimum atomic E-state index is -0.554. The van der Waals surface area contributed by atoms with Gasteiger partial charge in [-0.1, -0.05) is 22.9 Å². The number of nitrogens with zero attached hydrogens (tertiary/aromatic N) is 1. The highest BCUT2D eigenvalue weighted by Gasteiger charge is 2.21. The Hall–Kier alpha value is -0.940. The molecule has 6 heteroatoms. The van der Waals surface area contributed by atoms with Gasteiger partial charge < -0.3 is 4.74 Å². The Morgan fingerprint density at radius 3 is 2.71 bits per heavy atom. The molecule has 0 N–H and O–H groups in total. The van der Waals surface area contributed by atoms with E-state index in [0.29, 0.717) is 0 Å². The SMILES string of the molecule is CCOC(=O)c1sc(Cl)nc1C(C)=O. The van der Waals surface area contributed by atoms with Crippen LogP contribution in [0.3, 0.4) is 0 Å². The first-order valence-electron chi connectivity index (χ1n) is 3.90. The molecule has 0 aromatic carbocycles. The van der Waals surface area contributed by atoms with E-state index in [4.69, 9.17) is 16.3 Å². The van der Waals surface area contributed by atoms with Crippen molar-refractivity contribution in [1.29, 1.82) is 0 Å². The number of rotatable bonds is 3. The van der Waals surface area contributed by atoms with Gasteiger partial charge in [-0.25, -0.2) is 9.78 Å². The van der Waals surface area contributed by atoms with Crippen molar-refractivity contribution in [2.75, 3.05) is 6.61 Å². The fraction of sp³-hybridized carbons (Fsp3) is 0.375. The van der Waals surface area contributed by atoms with Crippen LogP contribution >= 0.6 is 22.9 Å². The highest BCUT2D eigenvalue weighted by atomic mass is 35.5. The van der Waals surface area contributed by atoms with Crippen molar-refractivity contribution in [2.24, 2.45) is 0 Å². The summed E-state index contributed by atoms with van der Waals surface area (Å²) >= 11 is 6.55. The summed E-state index contributed by atoms with van der Waals surface area (Å²) < 4.78 is 4.92. The molecule has 0 spiro atoms. The van der Waals surface area contributed by atoms with Gasteiger partial charge in [0.2, 0.25) is 0 Å². The first-order chi connectivity index (χ1) is 6.56. The largest absolute Gasteiger partial charge is 0.462 e. The van der Waals surface area contributed by atoms with Crippen molar-refractivity contribution in [3.63, 3.8) is 0 Å². The van der Waals surface area contributed by atoms with E-state index in [9.17, 15) is 9.59 Å². The third kappa shape index (κ3) is 2.30. The lowest BCUT2D eigenvalue weighted by Gasteiger charge is -1.98. The summed E-state index contributed by atoms with van der Waals surface area (Å²) in [5.41, 5.74) is 0.0819. The molecule has 0 aliphatic heterocycles. The molecule has 0 radical (unpaired) electrons. The summed E-state index contributed by atoms with van der Waals surface area (Å²) in [6.07, 6.45) is 0. The van der Waals surface area contributed by atoms with Gasteiger partial charge in [-0.2, -0.15) is 0 Å². The summed E-state index contributed by atoms with van der Waals surface area (Å²) in [6.45, 7) is 3.27. The van der Waals surface area contributed by atoms with Crippen molar-refractivity contribution >= 4 is 34.7 Å². The highest BCUT2D eigenvalue weighted by Crippen LogP contribution is 2.23. The van der Waals surface area contributed by atoms with Crippen molar-refractivity contribution < 1.29 is 14.3 Å². The number of aromatic nitrogens is 1. The zero-order chi connectivity index (χ0) is 10.7. The molecule has 0 unspecified atom stereocenters. The van der Waals surface area contributed by atoms with Gasteiger partial charge >= 0.3 is 5.97 Å². The number of esters is 1. The molecule has 0 bridgehead atoms. The van der Waals surface area contributed by atoms with Crippen LogP contribution in [-0.2, 0) is 4.74 Å². The molecular weight excluding hydrogens is 226 g/mol. The Balaban J connectivity index is 3.06. The van der Waals surface area contributed by atoms with Gasteiger partial charge in [0, 0.05) is 6.92 Å². The van der Waals surface area contributed by atoms with E-state index < -0.39 is 5.97 Å². The van der Waals surface area contributed by atoms with Gasteiger partial charge in [-0.3, -0.25) is 4.79 Å². The lowest BCUT2D eigenvalue weighted by molar-refractivity contribution is 0.0528. The Morgan fingerprint density at radius 2 is 2.21 bits per heavy atom. The molecule has 0 saturated carbocycles. The van der Waals surface area contributed by atoms with Crippen LogP contribution in [0, 0.1) is 0 Å². The van der Waals surface area contributed by atoms with Crippen LogP contribution < -0.4 is 0 Å². The van der Waals surface area contributed by atoms with E-state index in [1.807, 2.05) is 0 Å². The maximum Gasteiger partial charge on any atom is 0.350 e. The first kappa shape index (κ1) is 11.1. The van der Waals surface area contributed by atoms with Crippen LogP contribution in [0.1, 0.15) is 34.0 Å². The normalized spacial score (nSPS) is 9.93. The fourth-order valence-corrected chi connectivity index (χ4v) is 1.92. The second-order valence-electron chi connectivity index (χ2n) is 2.42. The summed E-state index contributed by atoms with van der Waals surface area (Å²) in [5, 5.41) is 0. The number of carbonyl (C=O) groups excluding carboxylic acids is 2. The third-order valence-corrected chi connectivity index (χ3v) is 2.54. The molecule has 14 heavy (non-hydrogen) atoms. The van der Waals surface area contributed by atoms with Gasteiger partial charge in [0.1, 0.15) is 10.6 Å². The van der Waals surface area contributed by atoms with E-state index in [2.05, 4.69) is 4.98 Å². The summed E-state index contributed by atoms with van der Waals surface area (Å²) in [4.78, 5) is 26.3. The Morgan fingerprint density at radius 1 is 1.57 bits per heavy atom. The van der Waals surface area contributed by atoms with Crippen LogP contribution in [0.25, 0.3) is 0 Å². The Bertz CT molecular complexity index is 375. The zero-order valence-corrected chi connectivity index (χ0v) is 9.24. The molecule has 0 fully saturated rings. The van der Waals surface area contributed by atoms with Gasteiger partial charge in [-0.15, -0.1) is 0 Å². The number of carbonyl (C=O) groups is 2. The van der Waals surface area contributed by atoms with Gasteiger partial charge in [-0.05, 0) is 6.92 Å². The Labute approximate surface area is 89.9 Å². The monoisotopic (exact) mass is 233 g/mol. The number of halogens is 1. The molecule has 0 amide bonds. The number of hydrogen-bond donors (Lipinski definition) is 0. The highest BCUT2D eigenvalue weighted by molar-refractivity contribution is 7.17. The average Bonchev–Trinajstić information content (AvgIpc) is 2.48. The zero-order valence-electron chi connectivity index (χ0n) is 7.67. The molecule has 0 aliphatic carbocycles. The van der Waals surface area contributed by atoms with Gasteiger partial charge in [0.05, 0.1) is 6.61 Å². The van der Waals surface area contributed by atoms with Gasteiger partial charge in [0.15, 0.2) is 10.3 Å². The van der Waals surface area contributed by atoms with E-state index in [1.165, 1.54) is 6.92 Å². The third-order valence-electron chi connectivity index (χ3n) is 1.40. The average molecular weight is 234 g/mol. The van der Waals surface area contributed by atoms with Crippen LogP contribution in [-0.4, -0.2) is 23.3 Å². The summed E-state index contributed by atoms with van der Waals surface area (Å²) in [6, 6.07) is 0. The minimum Gasteiger partial charge on any atom is -0.462 e. The molecule has 1 aromatic rings. The van der Waals surface area contributed by atoms with Crippen molar-refractivity contribution in [2.45, 2.75) is 13.8 Å². The predicted molar refractivity (Wildman–Crippen MR) is 53.1 cm³/mol. The molecular formula is C8H8ClNO3S. The molecule has 1 aromatic heterocycles. The van der Waals surface area contributed by atoms with Crippen LogP contribution in [0.4, 0.5) is 0 Å². The topological polar surface area (TPSA) is 56.3 Å². The lowest BCUT2D eigenvalue weighted by Crippen LogP contribution is -2.07. The molecule has 1 rings (SSSR count). The first-order valence-corrected chi connectivity index (χ1v) is 5.10. The van der Waals surface area contributed by atoms with E-state index in [1.54, 1.807) is 6.92 Å². The number of ketones is 1. The number of ether oxygens (including phenoxy) is 1. The van der Waals surface area contributed by atoms with Gasteiger partial charge in [0.25, 0.3) is 0 Å². The molecule has 76 valence electrons. The predicted octanol–water partition coefficient (Wildman–Crippen LogP) is 2.18. The molecule has 0 atom stereocenters. The summed E-state index contributed by atoms with van der Waals surface area (Å²) in [7, 11) is 0. The summed E-state index contributed by atoms with van der Waals surface area (Å²) in [5.74, 6) is -0.849.